The van der Waals surface area contributed by atoms with Crippen molar-refractivity contribution in [3.8, 4) is 0 Å². The minimum absolute atomic E-state index is 0.441. The molecule has 0 radical (unpaired) electrons. The van der Waals surface area contributed by atoms with Crippen molar-refractivity contribution in [1.29, 1.82) is 0 Å². The zero-order valence-corrected chi connectivity index (χ0v) is 11.7. The Labute approximate surface area is 114 Å². The monoisotopic (exact) mass is 262 g/mol. The molecule has 1 atom stereocenters. The van der Waals surface area contributed by atoms with E-state index in [0.717, 1.165) is 43.6 Å². The zero-order chi connectivity index (χ0) is 13.2. The molecule has 0 aromatic carbocycles. The Morgan fingerprint density at radius 3 is 2.84 bits per heavy atom. The number of ether oxygens (including phenoxy) is 1. The quantitative estimate of drug-likeness (QED) is 0.879. The Balaban J connectivity index is 1.85. The predicted octanol–water partition coefficient (Wildman–Crippen LogP) is 2.01. The van der Waals surface area contributed by atoms with Gasteiger partial charge in [0.2, 0.25) is 0 Å². The first kappa shape index (κ1) is 12.7. The molecule has 0 bridgehead atoms. The topological polar surface area (TPSA) is 50.3 Å². The molecule has 19 heavy (non-hydrogen) atoms. The molecule has 1 aliphatic carbocycles. The average Bonchev–Trinajstić information content (AvgIpc) is 3.13. The molecule has 0 amide bonds. The van der Waals surface area contributed by atoms with E-state index in [-0.39, 0.29) is 0 Å². The van der Waals surface area contributed by atoms with Crippen LogP contribution in [0.25, 0.3) is 0 Å². The summed E-state index contributed by atoms with van der Waals surface area (Å²) in [4.78, 5) is 11.6. The highest BCUT2D eigenvalue weighted by Gasteiger charge is 2.29. The molecule has 1 saturated carbocycles. The van der Waals surface area contributed by atoms with Crippen molar-refractivity contribution in [3.05, 3.63) is 11.9 Å². The minimum Gasteiger partial charge on any atom is -0.379 e. The Kier molecular flexibility index (Phi) is 3.55. The largest absolute Gasteiger partial charge is 0.379 e. The van der Waals surface area contributed by atoms with Gasteiger partial charge in [0, 0.05) is 32.2 Å². The first-order valence-corrected chi connectivity index (χ1v) is 7.21. The van der Waals surface area contributed by atoms with E-state index < -0.39 is 0 Å². The second-order valence-electron chi connectivity index (χ2n) is 5.40. The van der Waals surface area contributed by atoms with E-state index >= 15 is 0 Å². The van der Waals surface area contributed by atoms with Crippen LogP contribution in [0.1, 0.15) is 37.9 Å². The number of likely N-dealkylation sites (N-methyl/N-ethyl adjacent to an activating group) is 1. The van der Waals surface area contributed by atoms with Crippen LogP contribution in [0.2, 0.25) is 0 Å². The second-order valence-corrected chi connectivity index (χ2v) is 5.40. The molecule has 5 nitrogen and oxygen atoms in total. The second kappa shape index (κ2) is 5.33. The van der Waals surface area contributed by atoms with Crippen LogP contribution in [0.3, 0.4) is 0 Å². The fraction of sp³-hybridized carbons (Fsp3) is 0.714. The maximum absolute atomic E-state index is 5.47. The minimum atomic E-state index is 0.441. The summed E-state index contributed by atoms with van der Waals surface area (Å²) in [6.45, 7) is 4.63. The molecule has 3 rings (SSSR count). The molecule has 5 heteroatoms. The van der Waals surface area contributed by atoms with Gasteiger partial charge in [-0.2, -0.15) is 0 Å². The van der Waals surface area contributed by atoms with Crippen LogP contribution in [-0.4, -0.2) is 42.8 Å². The summed E-state index contributed by atoms with van der Waals surface area (Å²) in [5, 5.41) is 3.31. The van der Waals surface area contributed by atoms with Gasteiger partial charge in [-0.25, -0.2) is 9.97 Å². The molecule has 1 N–H and O–H groups in total. The van der Waals surface area contributed by atoms with Gasteiger partial charge in [0.05, 0.1) is 12.6 Å². The van der Waals surface area contributed by atoms with Crippen molar-refractivity contribution >= 4 is 11.6 Å². The zero-order valence-electron chi connectivity index (χ0n) is 11.7. The molecule has 1 aromatic heterocycles. The van der Waals surface area contributed by atoms with Crippen LogP contribution >= 0.6 is 0 Å². The van der Waals surface area contributed by atoms with Crippen molar-refractivity contribution < 1.29 is 4.74 Å². The Morgan fingerprint density at radius 1 is 1.37 bits per heavy atom. The highest BCUT2D eigenvalue weighted by atomic mass is 16.5. The molecule has 2 aliphatic rings. The Morgan fingerprint density at radius 2 is 2.21 bits per heavy atom. The van der Waals surface area contributed by atoms with E-state index in [1.54, 1.807) is 0 Å². The van der Waals surface area contributed by atoms with E-state index in [2.05, 4.69) is 29.2 Å². The lowest BCUT2D eigenvalue weighted by molar-refractivity contribution is 0.193. The summed E-state index contributed by atoms with van der Waals surface area (Å²) in [5.41, 5.74) is 0. The fourth-order valence-electron chi connectivity index (χ4n) is 2.44. The number of rotatable bonds is 5. The van der Waals surface area contributed by atoms with Gasteiger partial charge in [0.15, 0.2) is 0 Å². The van der Waals surface area contributed by atoms with E-state index in [1.165, 1.54) is 12.8 Å². The van der Waals surface area contributed by atoms with Crippen molar-refractivity contribution in [2.75, 3.05) is 37.0 Å². The number of nitrogens with zero attached hydrogens (tertiary/aromatic N) is 3. The van der Waals surface area contributed by atoms with E-state index in [1.807, 2.05) is 6.07 Å². The highest BCUT2D eigenvalue weighted by molar-refractivity contribution is 5.50. The van der Waals surface area contributed by atoms with Crippen LogP contribution in [0.15, 0.2) is 6.07 Å². The Bertz CT molecular complexity index is 441. The third kappa shape index (κ3) is 2.81. The third-order valence-electron chi connectivity index (χ3n) is 3.85. The maximum Gasteiger partial charge on any atom is 0.136 e. The molecular formula is C14H22N4O. The van der Waals surface area contributed by atoms with Crippen molar-refractivity contribution in [3.63, 3.8) is 0 Å². The van der Waals surface area contributed by atoms with Gasteiger partial charge in [-0.15, -0.1) is 0 Å². The lowest BCUT2D eigenvalue weighted by Crippen LogP contribution is -2.32. The molecule has 2 heterocycles. The normalized spacial score (nSPS) is 22.5. The van der Waals surface area contributed by atoms with Crippen molar-refractivity contribution in [2.24, 2.45) is 0 Å². The summed E-state index contributed by atoms with van der Waals surface area (Å²) in [6, 6.07) is 2.49. The number of hydrogen-bond acceptors (Lipinski definition) is 5. The maximum atomic E-state index is 5.47. The summed E-state index contributed by atoms with van der Waals surface area (Å²) in [5.74, 6) is 3.54. The number of aromatic nitrogens is 2. The van der Waals surface area contributed by atoms with Gasteiger partial charge in [0.1, 0.15) is 17.5 Å². The molecule has 2 fully saturated rings. The molecule has 1 aliphatic heterocycles. The third-order valence-corrected chi connectivity index (χ3v) is 3.85. The lowest BCUT2D eigenvalue weighted by Gasteiger charge is -2.25. The average molecular weight is 262 g/mol. The molecule has 104 valence electrons. The van der Waals surface area contributed by atoms with Gasteiger partial charge < -0.3 is 15.0 Å². The predicted molar refractivity (Wildman–Crippen MR) is 75.8 cm³/mol. The summed E-state index contributed by atoms with van der Waals surface area (Å²) < 4.78 is 5.47. The number of nitrogens with one attached hydrogen (secondary N) is 1. The van der Waals surface area contributed by atoms with E-state index in [9.17, 15) is 0 Å². The summed E-state index contributed by atoms with van der Waals surface area (Å²) in [6.07, 6.45) is 3.53. The lowest BCUT2D eigenvalue weighted by atomic mass is 10.2. The number of anilines is 2. The van der Waals surface area contributed by atoms with Crippen LogP contribution in [0, 0.1) is 0 Å². The summed E-state index contributed by atoms with van der Waals surface area (Å²) >= 11 is 0. The molecule has 1 aromatic rings. The van der Waals surface area contributed by atoms with Crippen LogP contribution in [-0.2, 0) is 4.74 Å². The van der Waals surface area contributed by atoms with E-state index in [4.69, 9.17) is 9.72 Å². The van der Waals surface area contributed by atoms with Crippen molar-refractivity contribution in [1.82, 2.24) is 9.97 Å². The van der Waals surface area contributed by atoms with Crippen LogP contribution in [0.5, 0.6) is 0 Å². The Hall–Kier alpha value is -1.36. The van der Waals surface area contributed by atoms with Gasteiger partial charge in [0.25, 0.3) is 0 Å². The highest BCUT2D eigenvalue weighted by Crippen LogP contribution is 2.39. The van der Waals surface area contributed by atoms with Gasteiger partial charge in [-0.3, -0.25) is 0 Å². The molecule has 1 saturated heterocycles. The first-order valence-electron chi connectivity index (χ1n) is 7.21. The SMILES string of the molecule is CCNc1cc(N(C)C2CCOC2)nc(C2CC2)n1. The van der Waals surface area contributed by atoms with Crippen LogP contribution < -0.4 is 10.2 Å². The van der Waals surface area contributed by atoms with E-state index in [0.29, 0.717) is 12.0 Å². The standard InChI is InChI=1S/C14H22N4O/c1-3-15-12-8-13(17-14(16-12)10-4-5-10)18(2)11-6-7-19-9-11/h8,10-11H,3-7,9H2,1-2H3,(H,15,16,17). The summed E-state index contributed by atoms with van der Waals surface area (Å²) in [7, 11) is 2.11. The smallest absolute Gasteiger partial charge is 0.136 e. The molecule has 0 spiro atoms. The van der Waals surface area contributed by atoms with Gasteiger partial charge in [-0.1, -0.05) is 0 Å². The van der Waals surface area contributed by atoms with Gasteiger partial charge in [-0.05, 0) is 26.2 Å². The number of hydrogen-bond donors (Lipinski definition) is 1. The van der Waals surface area contributed by atoms with Crippen molar-refractivity contribution in [2.45, 2.75) is 38.1 Å². The fourth-order valence-corrected chi connectivity index (χ4v) is 2.44. The molecular weight excluding hydrogens is 240 g/mol. The van der Waals surface area contributed by atoms with Crippen LogP contribution in [0.4, 0.5) is 11.6 Å². The molecule has 1 unspecified atom stereocenters. The first-order chi connectivity index (χ1) is 9.28. The van der Waals surface area contributed by atoms with Gasteiger partial charge >= 0.3 is 0 Å².